The van der Waals surface area contributed by atoms with Gasteiger partial charge >= 0.3 is 5.97 Å². The summed E-state index contributed by atoms with van der Waals surface area (Å²) in [5.41, 5.74) is 1.46. The number of carboxylic acids is 1. The lowest BCUT2D eigenvalue weighted by molar-refractivity contribution is -0.136. The zero-order valence-electron chi connectivity index (χ0n) is 21.7. The smallest absolute Gasteiger partial charge is 0.305 e. The molecule has 7 nitrogen and oxygen atoms in total. The Labute approximate surface area is 246 Å². The lowest BCUT2D eigenvalue weighted by Crippen LogP contribution is -2.26. The van der Waals surface area contributed by atoms with Crippen molar-refractivity contribution < 1.29 is 29.0 Å². The molecule has 1 atom stereocenters. The van der Waals surface area contributed by atoms with Crippen LogP contribution in [0.1, 0.15) is 55.4 Å². The van der Waals surface area contributed by atoms with Gasteiger partial charge in [0.1, 0.15) is 11.5 Å². The molecule has 0 saturated heterocycles. The van der Waals surface area contributed by atoms with Crippen molar-refractivity contribution in [2.24, 2.45) is 0 Å². The van der Waals surface area contributed by atoms with Gasteiger partial charge in [-0.3, -0.25) is 19.2 Å². The number of carbonyl (C=O) groups excluding carboxylic acids is 3. The summed E-state index contributed by atoms with van der Waals surface area (Å²) in [5.74, 6) is -1.75. The summed E-state index contributed by atoms with van der Waals surface area (Å²) < 4.78 is 5.80. The van der Waals surface area contributed by atoms with Gasteiger partial charge in [-0.1, -0.05) is 53.5 Å². The number of carboxylic acid groups (broad SMARTS) is 1. The molecule has 4 aromatic rings. The standard InChI is InChI=1S/C32H25Cl2NO6/c33-24-16-23(17-25(34)18-24)31(39)28(20-6-8-22(9-7-20)32(40)35-15-14-30(37)38)19-29(36)21-10-12-27(13-11-21)41-26-4-2-1-3-5-26/h1-13,16-18,28H,14-15,19H2,(H,35,40)(H,37,38). The van der Waals surface area contributed by atoms with Crippen LogP contribution in [0.4, 0.5) is 0 Å². The number of halogens is 2. The van der Waals surface area contributed by atoms with E-state index in [0.717, 1.165) is 0 Å². The summed E-state index contributed by atoms with van der Waals surface area (Å²) in [5, 5.41) is 11.9. The lowest BCUT2D eigenvalue weighted by atomic mass is 9.85. The van der Waals surface area contributed by atoms with Gasteiger partial charge in [0.15, 0.2) is 11.6 Å². The Balaban J connectivity index is 1.56. The largest absolute Gasteiger partial charge is 0.481 e. The summed E-state index contributed by atoms with van der Waals surface area (Å²) in [6.45, 7) is -0.0176. The molecule has 0 aliphatic heterocycles. The predicted octanol–water partition coefficient (Wildman–Crippen LogP) is 7.23. The number of Topliss-reactive ketones (excluding diaryl/α,β-unsaturated/α-hetero) is 2. The van der Waals surface area contributed by atoms with Crippen LogP contribution in [-0.4, -0.2) is 35.1 Å². The maximum atomic E-state index is 13.7. The molecule has 4 aromatic carbocycles. The first kappa shape index (κ1) is 29.5. The number of hydrogen-bond donors (Lipinski definition) is 2. The number of aliphatic carboxylic acids is 1. The number of nitrogens with one attached hydrogen (secondary N) is 1. The molecule has 41 heavy (non-hydrogen) atoms. The number of ketones is 2. The minimum atomic E-state index is -1.02. The molecule has 0 fully saturated rings. The molecule has 0 aromatic heterocycles. The van der Waals surface area contributed by atoms with E-state index in [1.807, 2.05) is 30.3 Å². The van der Waals surface area contributed by atoms with Crippen LogP contribution in [-0.2, 0) is 4.79 Å². The third-order valence-electron chi connectivity index (χ3n) is 6.21. The molecular weight excluding hydrogens is 565 g/mol. The molecule has 1 unspecified atom stereocenters. The van der Waals surface area contributed by atoms with E-state index in [1.165, 1.54) is 30.3 Å². The molecule has 0 heterocycles. The van der Waals surface area contributed by atoms with Crippen molar-refractivity contribution in [3.8, 4) is 11.5 Å². The van der Waals surface area contributed by atoms with E-state index in [-0.39, 0.29) is 52.1 Å². The maximum absolute atomic E-state index is 13.7. The van der Waals surface area contributed by atoms with Crippen LogP contribution >= 0.6 is 23.2 Å². The minimum absolute atomic E-state index is 0.0176. The van der Waals surface area contributed by atoms with Crippen LogP contribution in [0, 0.1) is 0 Å². The summed E-state index contributed by atoms with van der Waals surface area (Å²) in [7, 11) is 0. The number of carbonyl (C=O) groups is 4. The van der Waals surface area contributed by atoms with Crippen molar-refractivity contribution in [2.75, 3.05) is 6.54 Å². The van der Waals surface area contributed by atoms with E-state index in [2.05, 4.69) is 5.32 Å². The van der Waals surface area contributed by atoms with Gasteiger partial charge in [-0.25, -0.2) is 0 Å². The fraction of sp³-hybridized carbons (Fsp3) is 0.125. The Morgan fingerprint density at radius 3 is 1.93 bits per heavy atom. The molecule has 4 rings (SSSR count). The van der Waals surface area contributed by atoms with Crippen molar-refractivity contribution in [3.05, 3.63) is 129 Å². The van der Waals surface area contributed by atoms with Gasteiger partial charge in [0.05, 0.1) is 12.3 Å². The molecule has 9 heteroatoms. The second-order valence-corrected chi connectivity index (χ2v) is 10.0. The first-order valence-electron chi connectivity index (χ1n) is 12.7. The summed E-state index contributed by atoms with van der Waals surface area (Å²) in [4.78, 5) is 50.1. The van der Waals surface area contributed by atoms with Crippen LogP contribution in [0.2, 0.25) is 10.0 Å². The van der Waals surface area contributed by atoms with E-state index in [1.54, 1.807) is 36.4 Å². The van der Waals surface area contributed by atoms with Gasteiger partial charge < -0.3 is 15.2 Å². The highest BCUT2D eigenvalue weighted by atomic mass is 35.5. The van der Waals surface area contributed by atoms with Crippen molar-refractivity contribution >= 4 is 46.6 Å². The van der Waals surface area contributed by atoms with Gasteiger partial charge in [-0.15, -0.1) is 0 Å². The van der Waals surface area contributed by atoms with Crippen molar-refractivity contribution in [1.82, 2.24) is 5.32 Å². The van der Waals surface area contributed by atoms with Crippen LogP contribution < -0.4 is 10.1 Å². The molecule has 0 aliphatic carbocycles. The summed E-state index contributed by atoms with van der Waals surface area (Å²) in [6.07, 6.45) is -0.351. The average Bonchev–Trinajstić information content (AvgIpc) is 2.96. The molecule has 0 spiro atoms. The molecule has 2 N–H and O–H groups in total. The van der Waals surface area contributed by atoms with E-state index in [9.17, 15) is 19.2 Å². The summed E-state index contributed by atoms with van der Waals surface area (Å²) in [6, 6.07) is 26.6. The second kappa shape index (κ2) is 13.7. The van der Waals surface area contributed by atoms with Crippen LogP contribution in [0.15, 0.2) is 97.1 Å². The Hall–Kier alpha value is -4.46. The highest BCUT2D eigenvalue weighted by Gasteiger charge is 2.26. The molecule has 0 saturated carbocycles. The Morgan fingerprint density at radius 1 is 0.732 bits per heavy atom. The van der Waals surface area contributed by atoms with Gasteiger partial charge in [0.2, 0.25) is 0 Å². The number of rotatable bonds is 12. The Kier molecular flexibility index (Phi) is 9.90. The molecule has 1 amide bonds. The van der Waals surface area contributed by atoms with Crippen molar-refractivity contribution in [2.45, 2.75) is 18.8 Å². The van der Waals surface area contributed by atoms with E-state index in [4.69, 9.17) is 33.0 Å². The zero-order valence-corrected chi connectivity index (χ0v) is 23.2. The minimum Gasteiger partial charge on any atom is -0.481 e. The van der Waals surface area contributed by atoms with E-state index >= 15 is 0 Å². The molecule has 0 radical (unpaired) electrons. The fourth-order valence-electron chi connectivity index (χ4n) is 4.15. The monoisotopic (exact) mass is 589 g/mol. The molecule has 0 bridgehead atoms. The number of para-hydroxylation sites is 1. The van der Waals surface area contributed by atoms with Crippen LogP contribution in [0.25, 0.3) is 0 Å². The zero-order chi connectivity index (χ0) is 29.4. The van der Waals surface area contributed by atoms with E-state index < -0.39 is 17.8 Å². The Bertz CT molecular complexity index is 1530. The molecule has 0 aliphatic rings. The number of ether oxygens (including phenoxy) is 1. The highest BCUT2D eigenvalue weighted by molar-refractivity contribution is 6.35. The van der Waals surface area contributed by atoms with Gasteiger partial charge in [-0.05, 0) is 72.3 Å². The Morgan fingerprint density at radius 2 is 1.32 bits per heavy atom. The number of amides is 1. The summed E-state index contributed by atoms with van der Waals surface area (Å²) >= 11 is 12.3. The highest BCUT2D eigenvalue weighted by Crippen LogP contribution is 2.30. The second-order valence-electron chi connectivity index (χ2n) is 9.16. The quantitative estimate of drug-likeness (QED) is 0.169. The van der Waals surface area contributed by atoms with Crippen LogP contribution in [0.3, 0.4) is 0 Å². The lowest BCUT2D eigenvalue weighted by Gasteiger charge is -2.17. The van der Waals surface area contributed by atoms with Gasteiger partial charge in [-0.2, -0.15) is 0 Å². The topological polar surface area (TPSA) is 110 Å². The van der Waals surface area contributed by atoms with Gasteiger partial charge in [0, 0.05) is 39.7 Å². The maximum Gasteiger partial charge on any atom is 0.305 e. The number of benzene rings is 4. The predicted molar refractivity (Wildman–Crippen MR) is 156 cm³/mol. The third kappa shape index (κ3) is 8.27. The number of hydrogen-bond acceptors (Lipinski definition) is 5. The van der Waals surface area contributed by atoms with Crippen molar-refractivity contribution in [3.63, 3.8) is 0 Å². The average molecular weight is 590 g/mol. The first-order valence-corrected chi connectivity index (χ1v) is 13.4. The molecular formula is C32H25Cl2NO6. The third-order valence-corrected chi connectivity index (χ3v) is 6.64. The van der Waals surface area contributed by atoms with Gasteiger partial charge in [0.25, 0.3) is 5.91 Å². The fourth-order valence-corrected chi connectivity index (χ4v) is 4.67. The normalized spacial score (nSPS) is 11.4. The van der Waals surface area contributed by atoms with E-state index in [0.29, 0.717) is 22.6 Å². The van der Waals surface area contributed by atoms with Crippen LogP contribution in [0.5, 0.6) is 11.5 Å². The molecule has 208 valence electrons. The SMILES string of the molecule is O=C(O)CCNC(=O)c1ccc(C(CC(=O)c2ccc(Oc3ccccc3)cc2)C(=O)c2cc(Cl)cc(Cl)c2)cc1. The van der Waals surface area contributed by atoms with Crippen molar-refractivity contribution in [1.29, 1.82) is 0 Å². The first-order chi connectivity index (χ1) is 19.7.